The SMILES string of the molecule is O=C(Nc1cccc(C(F)(F)F)c1)c1ccc(N2CCc3ccccc3C2)cn1. The zero-order chi connectivity index (χ0) is 20.4. The summed E-state index contributed by atoms with van der Waals surface area (Å²) in [6.45, 7) is 1.63. The van der Waals surface area contributed by atoms with Crippen LogP contribution in [-0.2, 0) is 19.1 Å². The number of hydrogen-bond donors (Lipinski definition) is 1. The predicted octanol–water partition coefficient (Wildman–Crippen LogP) is 4.92. The summed E-state index contributed by atoms with van der Waals surface area (Å²) in [5, 5.41) is 2.47. The number of nitrogens with zero attached hydrogens (tertiary/aromatic N) is 2. The minimum Gasteiger partial charge on any atom is -0.366 e. The molecule has 1 aliphatic rings. The molecule has 1 amide bonds. The van der Waals surface area contributed by atoms with Crippen LogP contribution in [0.4, 0.5) is 24.5 Å². The Morgan fingerprint density at radius 1 is 1.00 bits per heavy atom. The third kappa shape index (κ3) is 4.23. The van der Waals surface area contributed by atoms with E-state index in [4.69, 9.17) is 0 Å². The highest BCUT2D eigenvalue weighted by Crippen LogP contribution is 2.30. The molecule has 0 spiro atoms. The van der Waals surface area contributed by atoms with Gasteiger partial charge in [0.15, 0.2) is 0 Å². The molecule has 0 saturated carbocycles. The fourth-order valence-corrected chi connectivity index (χ4v) is 3.39. The van der Waals surface area contributed by atoms with Crippen LogP contribution in [-0.4, -0.2) is 17.4 Å². The number of pyridine rings is 1. The number of aromatic nitrogens is 1. The van der Waals surface area contributed by atoms with Crippen LogP contribution in [0.25, 0.3) is 0 Å². The molecular weight excluding hydrogens is 379 g/mol. The molecule has 7 heteroatoms. The topological polar surface area (TPSA) is 45.2 Å². The highest BCUT2D eigenvalue weighted by Gasteiger charge is 2.30. The highest BCUT2D eigenvalue weighted by atomic mass is 19.4. The van der Waals surface area contributed by atoms with Crippen molar-refractivity contribution >= 4 is 17.3 Å². The summed E-state index contributed by atoms with van der Waals surface area (Å²) in [7, 11) is 0. The summed E-state index contributed by atoms with van der Waals surface area (Å²) in [4.78, 5) is 18.7. The van der Waals surface area contributed by atoms with Crippen LogP contribution >= 0.6 is 0 Å². The Labute approximate surface area is 166 Å². The number of hydrogen-bond acceptors (Lipinski definition) is 3. The molecule has 0 unspecified atom stereocenters. The summed E-state index contributed by atoms with van der Waals surface area (Å²) in [6, 6.07) is 16.2. The maximum Gasteiger partial charge on any atom is 0.416 e. The smallest absolute Gasteiger partial charge is 0.366 e. The van der Waals surface area contributed by atoms with Crippen molar-refractivity contribution in [3.63, 3.8) is 0 Å². The molecule has 1 aliphatic heterocycles. The number of nitrogens with one attached hydrogen (secondary N) is 1. The van der Waals surface area contributed by atoms with Crippen molar-refractivity contribution in [1.82, 2.24) is 4.98 Å². The number of halogens is 3. The minimum atomic E-state index is -4.46. The van der Waals surface area contributed by atoms with Crippen molar-refractivity contribution in [2.24, 2.45) is 0 Å². The normalized spacial score (nSPS) is 13.7. The number of carbonyl (C=O) groups is 1. The van der Waals surface area contributed by atoms with Crippen LogP contribution in [0.15, 0.2) is 66.9 Å². The average Bonchev–Trinajstić information content (AvgIpc) is 2.73. The Hall–Kier alpha value is -3.35. The van der Waals surface area contributed by atoms with E-state index >= 15 is 0 Å². The molecule has 2 aromatic carbocycles. The molecule has 1 N–H and O–H groups in total. The Morgan fingerprint density at radius 2 is 1.79 bits per heavy atom. The molecule has 29 heavy (non-hydrogen) atoms. The van der Waals surface area contributed by atoms with Crippen molar-refractivity contribution in [3.8, 4) is 0 Å². The van der Waals surface area contributed by atoms with Crippen LogP contribution < -0.4 is 10.2 Å². The predicted molar refractivity (Wildman–Crippen MR) is 105 cm³/mol. The molecule has 3 aromatic rings. The number of rotatable bonds is 3. The second-order valence-electron chi connectivity index (χ2n) is 6.87. The third-order valence-corrected chi connectivity index (χ3v) is 4.92. The van der Waals surface area contributed by atoms with E-state index in [0.717, 1.165) is 37.3 Å². The molecule has 0 aliphatic carbocycles. The lowest BCUT2D eigenvalue weighted by Gasteiger charge is -2.30. The Kier molecular flexibility index (Phi) is 4.96. The van der Waals surface area contributed by atoms with Crippen molar-refractivity contribution < 1.29 is 18.0 Å². The Balaban J connectivity index is 1.45. The van der Waals surface area contributed by atoms with Gasteiger partial charge in [-0.3, -0.25) is 4.79 Å². The zero-order valence-corrected chi connectivity index (χ0v) is 15.4. The summed E-state index contributed by atoms with van der Waals surface area (Å²) >= 11 is 0. The van der Waals surface area contributed by atoms with Crippen LogP contribution in [0.2, 0.25) is 0 Å². The summed E-state index contributed by atoms with van der Waals surface area (Å²) in [5.74, 6) is -0.556. The highest BCUT2D eigenvalue weighted by molar-refractivity contribution is 6.03. The average molecular weight is 397 g/mol. The standard InChI is InChI=1S/C22H18F3N3O/c23-22(24,25)17-6-3-7-18(12-17)27-21(29)20-9-8-19(13-26-20)28-11-10-15-4-1-2-5-16(15)14-28/h1-9,12-13H,10-11,14H2,(H,27,29). The van der Waals surface area contributed by atoms with Gasteiger partial charge in [0, 0.05) is 18.8 Å². The lowest BCUT2D eigenvalue weighted by Crippen LogP contribution is -2.30. The van der Waals surface area contributed by atoms with Gasteiger partial charge in [-0.25, -0.2) is 4.98 Å². The number of fused-ring (bicyclic) bond motifs is 1. The van der Waals surface area contributed by atoms with Crippen molar-refractivity contribution in [2.75, 3.05) is 16.8 Å². The van der Waals surface area contributed by atoms with E-state index in [1.54, 1.807) is 12.3 Å². The van der Waals surface area contributed by atoms with E-state index < -0.39 is 17.6 Å². The maximum absolute atomic E-state index is 12.8. The number of carbonyl (C=O) groups excluding carboxylic acids is 1. The quantitative estimate of drug-likeness (QED) is 0.683. The van der Waals surface area contributed by atoms with Gasteiger partial charge in [-0.15, -0.1) is 0 Å². The van der Waals surface area contributed by atoms with E-state index in [1.807, 2.05) is 18.2 Å². The summed E-state index contributed by atoms with van der Waals surface area (Å²) in [6.07, 6.45) is -1.91. The van der Waals surface area contributed by atoms with E-state index in [0.29, 0.717) is 0 Å². The van der Waals surface area contributed by atoms with Gasteiger partial charge < -0.3 is 10.2 Å². The number of alkyl halides is 3. The second-order valence-corrected chi connectivity index (χ2v) is 6.87. The molecule has 4 nitrogen and oxygen atoms in total. The van der Waals surface area contributed by atoms with Crippen molar-refractivity contribution in [3.05, 3.63) is 89.2 Å². The minimum absolute atomic E-state index is 0.0725. The van der Waals surface area contributed by atoms with Gasteiger partial charge in [0.25, 0.3) is 5.91 Å². The fraction of sp³-hybridized carbons (Fsp3) is 0.182. The zero-order valence-electron chi connectivity index (χ0n) is 15.4. The summed E-state index contributed by atoms with van der Waals surface area (Å²) in [5.41, 5.74) is 2.91. The Morgan fingerprint density at radius 3 is 2.52 bits per heavy atom. The molecule has 0 radical (unpaired) electrons. The molecule has 1 aromatic heterocycles. The molecule has 0 bridgehead atoms. The molecule has 0 atom stereocenters. The molecular formula is C22H18F3N3O. The monoisotopic (exact) mass is 397 g/mol. The number of amides is 1. The molecule has 4 rings (SSSR count). The van der Waals surface area contributed by atoms with E-state index in [-0.39, 0.29) is 11.4 Å². The van der Waals surface area contributed by atoms with Crippen LogP contribution in [0, 0.1) is 0 Å². The van der Waals surface area contributed by atoms with Gasteiger partial charge in [0.05, 0.1) is 17.4 Å². The van der Waals surface area contributed by atoms with Crippen LogP contribution in [0.1, 0.15) is 27.2 Å². The number of benzene rings is 2. The van der Waals surface area contributed by atoms with Gasteiger partial charge in [-0.2, -0.15) is 13.2 Å². The lowest BCUT2D eigenvalue weighted by atomic mass is 10.00. The first-order chi connectivity index (χ1) is 13.9. The molecule has 148 valence electrons. The Bertz CT molecular complexity index is 1030. The van der Waals surface area contributed by atoms with Crippen LogP contribution in [0.3, 0.4) is 0 Å². The van der Waals surface area contributed by atoms with Gasteiger partial charge in [-0.05, 0) is 47.9 Å². The molecule has 0 fully saturated rings. The second kappa shape index (κ2) is 7.58. The number of anilines is 2. The van der Waals surface area contributed by atoms with Crippen molar-refractivity contribution in [1.29, 1.82) is 0 Å². The maximum atomic E-state index is 12.8. The fourth-order valence-electron chi connectivity index (χ4n) is 3.39. The lowest BCUT2D eigenvalue weighted by molar-refractivity contribution is -0.137. The first-order valence-electron chi connectivity index (χ1n) is 9.16. The van der Waals surface area contributed by atoms with Gasteiger partial charge in [0.2, 0.25) is 0 Å². The first kappa shape index (κ1) is 19.0. The van der Waals surface area contributed by atoms with Gasteiger partial charge in [0.1, 0.15) is 5.69 Å². The van der Waals surface area contributed by atoms with Crippen molar-refractivity contribution in [2.45, 2.75) is 19.1 Å². The van der Waals surface area contributed by atoms with Crippen LogP contribution in [0.5, 0.6) is 0 Å². The molecule has 2 heterocycles. The first-order valence-corrected chi connectivity index (χ1v) is 9.16. The van der Waals surface area contributed by atoms with Gasteiger partial charge >= 0.3 is 6.18 Å². The van der Waals surface area contributed by atoms with E-state index in [9.17, 15) is 18.0 Å². The third-order valence-electron chi connectivity index (χ3n) is 4.92. The summed E-state index contributed by atoms with van der Waals surface area (Å²) < 4.78 is 38.4. The molecule has 0 saturated heterocycles. The van der Waals surface area contributed by atoms with Gasteiger partial charge in [-0.1, -0.05) is 30.3 Å². The van der Waals surface area contributed by atoms with E-state index in [1.165, 1.54) is 23.3 Å². The largest absolute Gasteiger partial charge is 0.416 e. The van der Waals surface area contributed by atoms with E-state index in [2.05, 4.69) is 27.3 Å².